The van der Waals surface area contributed by atoms with Gasteiger partial charge in [0.25, 0.3) is 0 Å². The fourth-order valence-electron chi connectivity index (χ4n) is 3.44. The molecule has 1 unspecified atom stereocenters. The van der Waals surface area contributed by atoms with E-state index in [9.17, 15) is 0 Å². The van der Waals surface area contributed by atoms with E-state index in [1.54, 1.807) is 11.3 Å². The number of fused-ring (bicyclic) bond motifs is 2. The van der Waals surface area contributed by atoms with Gasteiger partial charge < -0.3 is 15.5 Å². The van der Waals surface area contributed by atoms with Gasteiger partial charge in [-0.05, 0) is 45.4 Å². The number of anilines is 2. The predicted octanol–water partition coefficient (Wildman–Crippen LogP) is 5.41. The highest BCUT2D eigenvalue weighted by Gasteiger charge is 2.24. The number of thiazole rings is 1. The van der Waals surface area contributed by atoms with E-state index in [0.717, 1.165) is 58.8 Å². The molecule has 1 aliphatic heterocycles. The SMILES string of the molecule is C/C=C\C=C/CCC(CN(C)C1=Nc2ccccc2Nc2sc(C)nc21)NCC. The van der Waals surface area contributed by atoms with Gasteiger partial charge in [-0.15, -0.1) is 11.3 Å². The van der Waals surface area contributed by atoms with Crippen LogP contribution in [0, 0.1) is 6.92 Å². The average molecular weight is 410 g/mol. The summed E-state index contributed by atoms with van der Waals surface area (Å²) in [5.41, 5.74) is 2.92. The average Bonchev–Trinajstić information content (AvgIpc) is 2.99. The molecule has 0 amide bonds. The quantitative estimate of drug-likeness (QED) is 0.573. The number of hydrogen-bond acceptors (Lipinski definition) is 6. The van der Waals surface area contributed by atoms with Gasteiger partial charge in [0.05, 0.1) is 16.4 Å². The summed E-state index contributed by atoms with van der Waals surface area (Å²) in [7, 11) is 2.12. The second-order valence-electron chi connectivity index (χ2n) is 7.15. The number of nitrogens with zero attached hydrogens (tertiary/aromatic N) is 3. The predicted molar refractivity (Wildman–Crippen MR) is 126 cm³/mol. The van der Waals surface area contributed by atoms with E-state index in [2.05, 4.69) is 59.9 Å². The zero-order valence-corrected chi connectivity index (χ0v) is 18.6. The topological polar surface area (TPSA) is 52.5 Å². The molecule has 0 saturated carbocycles. The Morgan fingerprint density at radius 1 is 1.28 bits per heavy atom. The van der Waals surface area contributed by atoms with Crippen LogP contribution in [0.3, 0.4) is 0 Å². The van der Waals surface area contributed by atoms with Crippen LogP contribution in [-0.4, -0.2) is 41.9 Å². The molecule has 0 spiro atoms. The van der Waals surface area contributed by atoms with Crippen molar-refractivity contribution in [2.75, 3.05) is 25.5 Å². The number of allylic oxidation sites excluding steroid dienone is 4. The molecular weight excluding hydrogens is 378 g/mol. The monoisotopic (exact) mass is 409 g/mol. The van der Waals surface area contributed by atoms with Crippen molar-refractivity contribution >= 4 is 33.5 Å². The Kier molecular flexibility index (Phi) is 7.61. The Morgan fingerprint density at radius 3 is 2.90 bits per heavy atom. The minimum Gasteiger partial charge on any atom is -0.356 e. The smallest absolute Gasteiger partial charge is 0.158 e. The zero-order valence-electron chi connectivity index (χ0n) is 17.8. The molecule has 1 aromatic heterocycles. The van der Waals surface area contributed by atoms with E-state index in [1.165, 1.54) is 0 Å². The molecule has 2 heterocycles. The molecular formula is C23H31N5S. The summed E-state index contributed by atoms with van der Waals surface area (Å²) in [6, 6.07) is 8.56. The molecule has 2 aromatic rings. The van der Waals surface area contributed by atoms with Gasteiger partial charge in [-0.2, -0.15) is 0 Å². The first-order valence-electron chi connectivity index (χ1n) is 10.3. The van der Waals surface area contributed by atoms with Gasteiger partial charge >= 0.3 is 0 Å². The van der Waals surface area contributed by atoms with Crippen LogP contribution < -0.4 is 10.6 Å². The van der Waals surface area contributed by atoms with Crippen molar-refractivity contribution in [2.45, 2.75) is 39.7 Å². The molecule has 0 bridgehead atoms. The molecule has 6 heteroatoms. The van der Waals surface area contributed by atoms with Gasteiger partial charge in [0, 0.05) is 19.6 Å². The summed E-state index contributed by atoms with van der Waals surface area (Å²) in [4.78, 5) is 12.0. The van der Waals surface area contributed by atoms with E-state index in [-0.39, 0.29) is 0 Å². The van der Waals surface area contributed by atoms with E-state index in [0.29, 0.717) is 6.04 Å². The standard InChI is InChI=1S/C23H31N5S/c1-5-7-8-9-10-13-18(24-6-2)16-28(4)22-21-23(29-17(3)25-21)27-20-15-12-11-14-19(20)26-22/h5,7-9,11-12,14-15,18,24,27H,6,10,13,16H2,1-4H3/b7-5-,9-8-. The van der Waals surface area contributed by atoms with E-state index >= 15 is 0 Å². The third kappa shape index (κ3) is 5.55. The van der Waals surface area contributed by atoms with Gasteiger partial charge in [-0.3, -0.25) is 0 Å². The normalized spacial score (nSPS) is 14.3. The Morgan fingerprint density at radius 2 is 2.10 bits per heavy atom. The first-order chi connectivity index (χ1) is 14.1. The minimum absolute atomic E-state index is 0.387. The zero-order chi connectivity index (χ0) is 20.6. The second kappa shape index (κ2) is 10.4. The van der Waals surface area contributed by atoms with Gasteiger partial charge in [-0.1, -0.05) is 43.4 Å². The highest BCUT2D eigenvalue weighted by atomic mass is 32.1. The largest absolute Gasteiger partial charge is 0.356 e. The number of amidine groups is 1. The number of para-hydroxylation sites is 2. The van der Waals surface area contributed by atoms with E-state index in [4.69, 9.17) is 9.98 Å². The maximum atomic E-state index is 5.00. The number of hydrogen-bond donors (Lipinski definition) is 2. The fourth-order valence-corrected chi connectivity index (χ4v) is 4.27. The van der Waals surface area contributed by atoms with Gasteiger partial charge in [0.1, 0.15) is 10.7 Å². The lowest BCUT2D eigenvalue weighted by Crippen LogP contribution is -2.42. The number of aliphatic imine (C=N–C) groups is 1. The molecule has 2 N–H and O–H groups in total. The van der Waals surface area contributed by atoms with Crippen molar-refractivity contribution in [3.8, 4) is 0 Å². The van der Waals surface area contributed by atoms with Crippen molar-refractivity contribution in [3.05, 3.63) is 59.3 Å². The molecule has 1 aliphatic rings. The summed E-state index contributed by atoms with van der Waals surface area (Å²) in [5.74, 6) is 0.925. The van der Waals surface area contributed by atoms with Crippen LogP contribution in [-0.2, 0) is 0 Å². The Bertz CT molecular complexity index is 896. The second-order valence-corrected chi connectivity index (χ2v) is 8.36. The van der Waals surface area contributed by atoms with E-state index in [1.807, 2.05) is 32.0 Å². The summed E-state index contributed by atoms with van der Waals surface area (Å²) in [5, 5.41) is 9.25. The molecule has 154 valence electrons. The minimum atomic E-state index is 0.387. The Hall–Kier alpha value is -2.44. The van der Waals surface area contributed by atoms with Crippen LogP contribution >= 0.6 is 11.3 Å². The molecule has 3 rings (SSSR count). The summed E-state index contributed by atoms with van der Waals surface area (Å²) in [6.07, 6.45) is 10.6. The molecule has 1 aromatic carbocycles. The van der Waals surface area contributed by atoms with Gasteiger partial charge in [0.15, 0.2) is 5.84 Å². The van der Waals surface area contributed by atoms with Crippen molar-refractivity contribution < 1.29 is 0 Å². The lowest BCUT2D eigenvalue weighted by molar-refractivity contribution is 0.383. The summed E-state index contributed by atoms with van der Waals surface area (Å²) >= 11 is 1.68. The van der Waals surface area contributed by atoms with Crippen molar-refractivity contribution in [1.29, 1.82) is 0 Å². The molecule has 1 atom stereocenters. The van der Waals surface area contributed by atoms with Crippen LogP contribution in [0.25, 0.3) is 0 Å². The number of nitrogens with one attached hydrogen (secondary N) is 2. The lowest BCUT2D eigenvalue weighted by atomic mass is 10.1. The van der Waals surface area contributed by atoms with Crippen molar-refractivity contribution in [3.63, 3.8) is 0 Å². The Balaban J connectivity index is 1.81. The molecule has 5 nitrogen and oxygen atoms in total. The van der Waals surface area contributed by atoms with Crippen LogP contribution in [0.15, 0.2) is 53.6 Å². The third-order valence-electron chi connectivity index (χ3n) is 4.79. The van der Waals surface area contributed by atoms with Crippen molar-refractivity contribution in [1.82, 2.24) is 15.2 Å². The lowest BCUT2D eigenvalue weighted by Gasteiger charge is -2.26. The maximum Gasteiger partial charge on any atom is 0.158 e. The number of aromatic nitrogens is 1. The molecule has 0 radical (unpaired) electrons. The number of aryl methyl sites for hydroxylation is 1. The Labute approximate surface area is 178 Å². The number of rotatable bonds is 8. The fraction of sp³-hybridized carbons (Fsp3) is 0.391. The van der Waals surface area contributed by atoms with Crippen LogP contribution in [0.4, 0.5) is 16.4 Å². The van der Waals surface area contributed by atoms with Gasteiger partial charge in [0.2, 0.25) is 0 Å². The highest BCUT2D eigenvalue weighted by Crippen LogP contribution is 2.37. The van der Waals surface area contributed by atoms with E-state index < -0.39 is 0 Å². The number of likely N-dealkylation sites (N-methyl/N-ethyl adjacent to an activating group) is 2. The van der Waals surface area contributed by atoms with Crippen LogP contribution in [0.1, 0.15) is 37.4 Å². The summed E-state index contributed by atoms with van der Waals surface area (Å²) < 4.78 is 0. The van der Waals surface area contributed by atoms with Crippen LogP contribution in [0.5, 0.6) is 0 Å². The molecule has 0 aliphatic carbocycles. The molecule has 0 fully saturated rings. The first kappa shape index (κ1) is 21.3. The molecule has 0 saturated heterocycles. The highest BCUT2D eigenvalue weighted by molar-refractivity contribution is 7.16. The summed E-state index contributed by atoms with van der Waals surface area (Å²) in [6.45, 7) is 8.07. The third-order valence-corrected chi connectivity index (χ3v) is 5.68. The van der Waals surface area contributed by atoms with Crippen LogP contribution in [0.2, 0.25) is 0 Å². The first-order valence-corrected chi connectivity index (χ1v) is 11.1. The number of benzene rings is 1. The molecule has 29 heavy (non-hydrogen) atoms. The van der Waals surface area contributed by atoms with Crippen molar-refractivity contribution in [2.24, 2.45) is 4.99 Å². The maximum absolute atomic E-state index is 5.00. The van der Waals surface area contributed by atoms with Gasteiger partial charge in [-0.25, -0.2) is 9.98 Å².